The van der Waals surface area contributed by atoms with Crippen LogP contribution in [0.4, 0.5) is 14.5 Å². The molecule has 4 aromatic rings. The molecule has 0 unspecified atom stereocenters. The summed E-state index contributed by atoms with van der Waals surface area (Å²) in [5, 5.41) is 9.23. The number of benzene rings is 1. The Morgan fingerprint density at radius 3 is 2.69 bits per heavy atom. The molecule has 1 aromatic carbocycles. The van der Waals surface area contributed by atoms with Gasteiger partial charge in [0, 0.05) is 29.7 Å². The number of hydrogen-bond acceptors (Lipinski definition) is 5. The maximum absolute atomic E-state index is 12.6. The molecular formula is C17H14F2N6S. The van der Waals surface area contributed by atoms with E-state index in [4.69, 9.17) is 0 Å². The van der Waals surface area contributed by atoms with Gasteiger partial charge in [-0.25, -0.2) is 18.4 Å². The van der Waals surface area contributed by atoms with E-state index in [0.717, 1.165) is 27.7 Å². The van der Waals surface area contributed by atoms with Gasteiger partial charge in [0.15, 0.2) is 5.82 Å². The smallest absolute Gasteiger partial charge is 0.266 e. The molecule has 0 saturated heterocycles. The Morgan fingerprint density at radius 1 is 1.08 bits per heavy atom. The molecule has 0 spiro atoms. The molecule has 3 aromatic heterocycles. The van der Waals surface area contributed by atoms with E-state index in [1.54, 1.807) is 12.3 Å². The summed E-state index contributed by atoms with van der Waals surface area (Å²) in [6, 6.07) is 9.54. The molecule has 1 N–H and O–H groups in total. The third-order valence-corrected chi connectivity index (χ3v) is 4.65. The zero-order valence-corrected chi connectivity index (χ0v) is 14.5. The number of rotatable bonds is 5. The summed E-state index contributed by atoms with van der Waals surface area (Å²) in [7, 11) is 1.90. The lowest BCUT2D eigenvalue weighted by molar-refractivity contribution is 0.151. The van der Waals surface area contributed by atoms with E-state index in [1.807, 2.05) is 42.2 Å². The minimum Gasteiger partial charge on any atom is -0.324 e. The van der Waals surface area contributed by atoms with Crippen LogP contribution in [0, 0.1) is 0 Å². The predicted octanol–water partition coefficient (Wildman–Crippen LogP) is 4.21. The lowest BCUT2D eigenvalue weighted by Crippen LogP contribution is -1.98. The first kappa shape index (κ1) is 16.5. The molecule has 0 radical (unpaired) electrons. The molecule has 0 fully saturated rings. The van der Waals surface area contributed by atoms with Crippen molar-refractivity contribution in [3.63, 3.8) is 0 Å². The molecule has 132 valence electrons. The van der Waals surface area contributed by atoms with Crippen molar-refractivity contribution in [2.24, 2.45) is 7.05 Å². The third kappa shape index (κ3) is 3.13. The molecule has 0 aliphatic carbocycles. The second-order valence-electron chi connectivity index (χ2n) is 5.59. The van der Waals surface area contributed by atoms with Gasteiger partial charge < -0.3 is 4.72 Å². The van der Waals surface area contributed by atoms with E-state index in [9.17, 15) is 8.78 Å². The quantitative estimate of drug-likeness (QED) is 0.532. The van der Waals surface area contributed by atoms with Crippen molar-refractivity contribution in [2.75, 3.05) is 4.72 Å². The van der Waals surface area contributed by atoms with Crippen molar-refractivity contribution < 1.29 is 8.78 Å². The van der Waals surface area contributed by atoms with Gasteiger partial charge in [0.1, 0.15) is 0 Å². The Balaban J connectivity index is 1.49. The fourth-order valence-electron chi connectivity index (χ4n) is 2.57. The van der Waals surface area contributed by atoms with Crippen molar-refractivity contribution in [3.8, 4) is 5.82 Å². The summed E-state index contributed by atoms with van der Waals surface area (Å²) in [6.45, 7) is 0. The van der Waals surface area contributed by atoms with Gasteiger partial charge in [0.2, 0.25) is 0 Å². The Labute approximate surface area is 152 Å². The number of halogens is 2. The van der Waals surface area contributed by atoms with Crippen LogP contribution < -0.4 is 4.72 Å². The van der Waals surface area contributed by atoms with Crippen LogP contribution in [-0.4, -0.2) is 24.5 Å². The topological polar surface area (TPSA) is 60.6 Å². The van der Waals surface area contributed by atoms with Gasteiger partial charge in [0.25, 0.3) is 6.43 Å². The molecule has 9 heteroatoms. The molecule has 6 nitrogen and oxygen atoms in total. The van der Waals surface area contributed by atoms with Crippen LogP contribution in [-0.2, 0) is 7.05 Å². The second-order valence-corrected chi connectivity index (χ2v) is 6.47. The van der Waals surface area contributed by atoms with Crippen LogP contribution in [0.5, 0.6) is 0 Å². The average Bonchev–Trinajstić information content (AvgIpc) is 3.28. The van der Waals surface area contributed by atoms with Crippen LogP contribution in [0.3, 0.4) is 0 Å². The molecule has 0 saturated carbocycles. The molecule has 3 heterocycles. The average molecular weight is 372 g/mol. The number of nitrogens with zero attached hydrogens (tertiary/aromatic N) is 5. The summed E-state index contributed by atoms with van der Waals surface area (Å²) < 4.78 is 31.7. The van der Waals surface area contributed by atoms with Crippen LogP contribution in [0.1, 0.15) is 12.0 Å². The van der Waals surface area contributed by atoms with Crippen LogP contribution >= 0.6 is 11.9 Å². The van der Waals surface area contributed by atoms with Crippen molar-refractivity contribution >= 4 is 28.5 Å². The summed E-state index contributed by atoms with van der Waals surface area (Å²) in [5.41, 5.74) is 1.84. The second kappa shape index (κ2) is 6.75. The molecule has 0 aliphatic rings. The van der Waals surface area contributed by atoms with E-state index in [2.05, 4.69) is 19.9 Å². The van der Waals surface area contributed by atoms with Crippen LogP contribution in [0.2, 0.25) is 0 Å². The van der Waals surface area contributed by atoms with E-state index in [1.165, 1.54) is 22.8 Å². The lowest BCUT2D eigenvalue weighted by atomic mass is 10.2. The fourth-order valence-corrected chi connectivity index (χ4v) is 3.21. The number of anilines is 1. The van der Waals surface area contributed by atoms with Gasteiger partial charge in [-0.05, 0) is 30.1 Å². The normalized spacial score (nSPS) is 11.4. The molecule has 0 aliphatic heterocycles. The maximum atomic E-state index is 12.6. The predicted molar refractivity (Wildman–Crippen MR) is 96.5 cm³/mol. The highest BCUT2D eigenvalue weighted by Crippen LogP contribution is 2.27. The van der Waals surface area contributed by atoms with Crippen molar-refractivity contribution in [1.29, 1.82) is 0 Å². The number of alkyl halides is 2. The molecule has 26 heavy (non-hydrogen) atoms. The number of pyridine rings is 1. The monoisotopic (exact) mass is 372 g/mol. The summed E-state index contributed by atoms with van der Waals surface area (Å²) >= 11 is 1.41. The van der Waals surface area contributed by atoms with Gasteiger partial charge in [-0.1, -0.05) is 12.1 Å². The van der Waals surface area contributed by atoms with Crippen LogP contribution in [0.25, 0.3) is 16.7 Å². The summed E-state index contributed by atoms with van der Waals surface area (Å²) in [6.07, 6.45) is 3.36. The van der Waals surface area contributed by atoms with E-state index < -0.39 is 6.43 Å². The molecule has 0 atom stereocenters. The fraction of sp³-hybridized carbons (Fsp3) is 0.118. The highest BCUT2D eigenvalue weighted by Gasteiger charge is 2.11. The summed E-state index contributed by atoms with van der Waals surface area (Å²) in [4.78, 5) is 5.16. The van der Waals surface area contributed by atoms with Gasteiger partial charge in [0.05, 0.1) is 29.2 Å². The van der Waals surface area contributed by atoms with Gasteiger partial charge in [-0.3, -0.25) is 4.68 Å². The first-order valence-corrected chi connectivity index (χ1v) is 8.56. The zero-order valence-electron chi connectivity index (χ0n) is 13.7. The highest BCUT2D eigenvalue weighted by molar-refractivity contribution is 8.00. The number of hydrogen-bond donors (Lipinski definition) is 1. The minimum absolute atomic E-state index is 0.129. The van der Waals surface area contributed by atoms with E-state index in [0.29, 0.717) is 5.82 Å². The van der Waals surface area contributed by atoms with Crippen molar-refractivity contribution in [3.05, 3.63) is 60.7 Å². The highest BCUT2D eigenvalue weighted by atomic mass is 32.2. The number of aromatic nitrogens is 5. The first-order chi connectivity index (χ1) is 12.6. The number of para-hydroxylation sites is 1. The molecule has 0 amide bonds. The Kier molecular flexibility index (Phi) is 4.29. The molecular weight excluding hydrogens is 358 g/mol. The number of fused-ring (bicyclic) bond motifs is 1. The Morgan fingerprint density at radius 2 is 1.96 bits per heavy atom. The minimum atomic E-state index is -2.54. The van der Waals surface area contributed by atoms with Crippen molar-refractivity contribution in [2.45, 2.75) is 11.3 Å². The Hall–Kier alpha value is -2.94. The van der Waals surface area contributed by atoms with Gasteiger partial charge in [-0.2, -0.15) is 10.2 Å². The number of nitrogens with one attached hydrogen (secondary N) is 1. The lowest BCUT2D eigenvalue weighted by Gasteiger charge is -2.08. The van der Waals surface area contributed by atoms with Gasteiger partial charge in [-0.15, -0.1) is 0 Å². The van der Waals surface area contributed by atoms with Crippen LogP contribution in [0.15, 0.2) is 60.0 Å². The first-order valence-electron chi connectivity index (χ1n) is 7.74. The van der Waals surface area contributed by atoms with E-state index >= 15 is 0 Å². The number of aryl methyl sites for hydroxylation is 1. The van der Waals surface area contributed by atoms with Crippen molar-refractivity contribution in [1.82, 2.24) is 24.5 Å². The molecule has 4 rings (SSSR count). The SMILES string of the molecule is Cn1ncc2cccc(NSc3ccc(-n4cc(C(F)F)cn4)nc3)c21. The standard InChI is InChI=1S/C17H14F2N6S/c1-24-16-11(7-21-24)3-2-4-14(16)23-26-13-5-6-15(20-9-13)25-10-12(8-22-25)17(18)19/h2-10,17,23H,1H3. The van der Waals surface area contributed by atoms with E-state index in [-0.39, 0.29) is 5.56 Å². The molecule has 0 bridgehead atoms. The maximum Gasteiger partial charge on any atom is 0.266 e. The largest absolute Gasteiger partial charge is 0.324 e. The zero-order chi connectivity index (χ0) is 18.1. The van der Waals surface area contributed by atoms with Gasteiger partial charge >= 0.3 is 0 Å². The Bertz CT molecular complexity index is 1040. The third-order valence-electron chi connectivity index (χ3n) is 3.85. The summed E-state index contributed by atoms with van der Waals surface area (Å²) in [5.74, 6) is 0.481.